The van der Waals surface area contributed by atoms with E-state index in [2.05, 4.69) is 10.5 Å². The Morgan fingerprint density at radius 1 is 1.13 bits per heavy atom. The number of urea groups is 1. The van der Waals surface area contributed by atoms with E-state index >= 15 is 0 Å². The molecule has 0 saturated heterocycles. The summed E-state index contributed by atoms with van der Waals surface area (Å²) >= 11 is 0. The fraction of sp³-hybridized carbons (Fsp3) is 0.333. The van der Waals surface area contributed by atoms with Crippen LogP contribution >= 0.6 is 0 Å². The summed E-state index contributed by atoms with van der Waals surface area (Å²) < 4.78 is 54.4. The van der Waals surface area contributed by atoms with Crippen LogP contribution in [0.1, 0.15) is 31.4 Å². The van der Waals surface area contributed by atoms with Crippen LogP contribution in [-0.4, -0.2) is 35.3 Å². The zero-order valence-electron chi connectivity index (χ0n) is 16.5. The van der Waals surface area contributed by atoms with E-state index in [9.17, 15) is 22.4 Å². The van der Waals surface area contributed by atoms with E-state index < -0.39 is 35.4 Å². The lowest BCUT2D eigenvalue weighted by atomic mass is 10.0. The average Bonchev–Trinajstić information content (AvgIpc) is 3.11. The SMILES string of the molecule is CC(C)NC(=O)N(Cc1ccc(F)cc1F)CC1CC(c2ccc(F)cc2F)=NO1. The molecule has 3 rings (SSSR count). The second-order valence-electron chi connectivity index (χ2n) is 7.31. The molecule has 5 nitrogen and oxygen atoms in total. The van der Waals surface area contributed by atoms with Gasteiger partial charge in [0.05, 0.1) is 18.8 Å². The van der Waals surface area contributed by atoms with Gasteiger partial charge in [-0.05, 0) is 32.0 Å². The Morgan fingerprint density at radius 3 is 2.43 bits per heavy atom. The second kappa shape index (κ2) is 9.15. The normalized spacial score (nSPS) is 15.7. The van der Waals surface area contributed by atoms with Crippen molar-refractivity contribution in [2.45, 2.75) is 39.0 Å². The highest BCUT2D eigenvalue weighted by molar-refractivity contribution is 6.01. The molecule has 1 aliphatic heterocycles. The first kappa shape index (κ1) is 21.6. The summed E-state index contributed by atoms with van der Waals surface area (Å²) in [6, 6.07) is 5.65. The van der Waals surface area contributed by atoms with Crippen molar-refractivity contribution >= 4 is 11.7 Å². The van der Waals surface area contributed by atoms with E-state index in [1.165, 1.54) is 17.0 Å². The minimum Gasteiger partial charge on any atom is -0.390 e. The van der Waals surface area contributed by atoms with Gasteiger partial charge in [-0.3, -0.25) is 0 Å². The van der Waals surface area contributed by atoms with E-state index in [-0.39, 0.29) is 42.4 Å². The molecular formula is C21H21F4N3O2. The molecule has 0 spiro atoms. The molecule has 2 aromatic carbocycles. The van der Waals surface area contributed by atoms with E-state index in [0.717, 1.165) is 24.3 Å². The zero-order valence-corrected chi connectivity index (χ0v) is 16.5. The van der Waals surface area contributed by atoms with Crippen molar-refractivity contribution in [3.8, 4) is 0 Å². The number of nitrogens with one attached hydrogen (secondary N) is 1. The number of benzene rings is 2. The van der Waals surface area contributed by atoms with Gasteiger partial charge in [-0.15, -0.1) is 0 Å². The molecule has 1 aliphatic rings. The molecule has 160 valence electrons. The maximum atomic E-state index is 14.1. The van der Waals surface area contributed by atoms with Gasteiger partial charge >= 0.3 is 6.03 Å². The lowest BCUT2D eigenvalue weighted by Crippen LogP contribution is -2.45. The molecule has 0 aliphatic carbocycles. The van der Waals surface area contributed by atoms with Gasteiger partial charge in [-0.2, -0.15) is 0 Å². The molecule has 0 fully saturated rings. The summed E-state index contributed by atoms with van der Waals surface area (Å²) in [7, 11) is 0. The molecule has 0 aromatic heterocycles. The number of carbonyl (C=O) groups is 1. The molecule has 1 heterocycles. The van der Waals surface area contributed by atoms with E-state index in [0.29, 0.717) is 0 Å². The van der Waals surface area contributed by atoms with Crippen molar-refractivity contribution < 1.29 is 27.2 Å². The van der Waals surface area contributed by atoms with Crippen LogP contribution in [-0.2, 0) is 11.4 Å². The Kier molecular flexibility index (Phi) is 6.59. The van der Waals surface area contributed by atoms with Crippen LogP contribution in [0, 0.1) is 23.3 Å². The third kappa shape index (κ3) is 5.28. The summed E-state index contributed by atoms with van der Waals surface area (Å²) in [6.07, 6.45) is -0.425. The molecule has 2 aromatic rings. The summed E-state index contributed by atoms with van der Waals surface area (Å²) in [4.78, 5) is 19.2. The quantitative estimate of drug-likeness (QED) is 0.703. The summed E-state index contributed by atoms with van der Waals surface area (Å²) in [6.45, 7) is 3.47. The maximum Gasteiger partial charge on any atom is 0.318 e. The van der Waals surface area contributed by atoms with Crippen LogP contribution in [0.5, 0.6) is 0 Å². The smallest absolute Gasteiger partial charge is 0.318 e. The van der Waals surface area contributed by atoms with E-state index in [1.54, 1.807) is 13.8 Å². The van der Waals surface area contributed by atoms with E-state index in [4.69, 9.17) is 4.84 Å². The van der Waals surface area contributed by atoms with Crippen LogP contribution in [0.4, 0.5) is 22.4 Å². The lowest BCUT2D eigenvalue weighted by Gasteiger charge is -2.26. The molecule has 1 N–H and O–H groups in total. The third-order valence-corrected chi connectivity index (χ3v) is 4.47. The van der Waals surface area contributed by atoms with Crippen molar-refractivity contribution in [2.75, 3.05) is 6.54 Å². The Hall–Kier alpha value is -3.10. The van der Waals surface area contributed by atoms with Gasteiger partial charge in [-0.25, -0.2) is 22.4 Å². The number of hydrogen-bond acceptors (Lipinski definition) is 3. The molecule has 1 atom stereocenters. The highest BCUT2D eigenvalue weighted by Crippen LogP contribution is 2.22. The van der Waals surface area contributed by atoms with Crippen molar-refractivity contribution in [1.29, 1.82) is 0 Å². The molecule has 2 amide bonds. The van der Waals surface area contributed by atoms with Crippen molar-refractivity contribution in [1.82, 2.24) is 10.2 Å². The number of hydrogen-bond donors (Lipinski definition) is 1. The van der Waals surface area contributed by atoms with Crippen LogP contribution in [0.2, 0.25) is 0 Å². The summed E-state index contributed by atoms with van der Waals surface area (Å²) in [5.74, 6) is -2.95. The Labute approximate surface area is 171 Å². The number of carbonyl (C=O) groups excluding carboxylic acids is 1. The fourth-order valence-corrected chi connectivity index (χ4v) is 3.07. The standard InChI is InChI=1S/C21H21F4N3O2/c1-12(2)26-21(29)28(10-13-3-4-14(22)7-18(13)24)11-16-9-20(27-30-16)17-6-5-15(23)8-19(17)25/h3-8,12,16H,9-11H2,1-2H3,(H,26,29). The van der Waals surface area contributed by atoms with Crippen LogP contribution < -0.4 is 5.32 Å². The summed E-state index contributed by atoms with van der Waals surface area (Å²) in [5.41, 5.74) is 0.537. The minimum atomic E-state index is -0.769. The first-order valence-electron chi connectivity index (χ1n) is 9.40. The number of halogens is 4. The maximum absolute atomic E-state index is 14.1. The number of oxime groups is 1. The first-order valence-corrected chi connectivity index (χ1v) is 9.40. The van der Waals surface area contributed by atoms with Crippen LogP contribution in [0.15, 0.2) is 41.6 Å². The van der Waals surface area contributed by atoms with Gasteiger partial charge in [0.2, 0.25) is 0 Å². The van der Waals surface area contributed by atoms with Crippen molar-refractivity contribution in [3.05, 3.63) is 70.8 Å². The first-order chi connectivity index (χ1) is 14.2. The molecule has 0 radical (unpaired) electrons. The van der Waals surface area contributed by atoms with Crippen LogP contribution in [0.3, 0.4) is 0 Å². The van der Waals surface area contributed by atoms with Crippen LogP contribution in [0.25, 0.3) is 0 Å². The molecule has 30 heavy (non-hydrogen) atoms. The predicted octanol–water partition coefficient (Wildman–Crippen LogP) is 4.36. The highest BCUT2D eigenvalue weighted by Gasteiger charge is 2.29. The third-order valence-electron chi connectivity index (χ3n) is 4.47. The van der Waals surface area contributed by atoms with Gasteiger partial charge in [-0.1, -0.05) is 11.2 Å². The number of amides is 2. The highest BCUT2D eigenvalue weighted by atomic mass is 19.1. The van der Waals surface area contributed by atoms with Gasteiger partial charge in [0.25, 0.3) is 0 Å². The topological polar surface area (TPSA) is 53.9 Å². The predicted molar refractivity (Wildman–Crippen MR) is 103 cm³/mol. The zero-order chi connectivity index (χ0) is 21.8. The van der Waals surface area contributed by atoms with E-state index in [1.807, 2.05) is 0 Å². The van der Waals surface area contributed by atoms with Gasteiger partial charge in [0, 0.05) is 35.7 Å². The largest absolute Gasteiger partial charge is 0.390 e. The molecule has 1 unspecified atom stereocenters. The Morgan fingerprint density at radius 2 is 1.80 bits per heavy atom. The molecule has 9 heteroatoms. The number of nitrogens with zero attached hydrogens (tertiary/aromatic N) is 2. The molecular weight excluding hydrogens is 402 g/mol. The molecule has 0 bridgehead atoms. The average molecular weight is 423 g/mol. The minimum absolute atomic E-state index is 0.0329. The van der Waals surface area contributed by atoms with Crippen molar-refractivity contribution in [3.63, 3.8) is 0 Å². The molecule has 0 saturated carbocycles. The summed E-state index contributed by atoms with van der Waals surface area (Å²) in [5, 5.41) is 6.58. The lowest BCUT2D eigenvalue weighted by molar-refractivity contribution is 0.0584. The Balaban J connectivity index is 1.72. The van der Waals surface area contributed by atoms with Crippen molar-refractivity contribution in [2.24, 2.45) is 5.16 Å². The number of rotatable bonds is 6. The fourth-order valence-electron chi connectivity index (χ4n) is 3.07. The van der Waals surface area contributed by atoms with Gasteiger partial charge < -0.3 is 15.1 Å². The van der Waals surface area contributed by atoms with Gasteiger partial charge in [0.15, 0.2) is 6.10 Å². The Bertz CT molecular complexity index is 965. The monoisotopic (exact) mass is 423 g/mol. The van der Waals surface area contributed by atoms with Gasteiger partial charge in [0.1, 0.15) is 23.3 Å². The second-order valence-corrected chi connectivity index (χ2v) is 7.31.